The number of ether oxygens (including phenoxy) is 1. The molecule has 122 valence electrons. The molecular weight excluding hydrogens is 278 g/mol. The van der Waals surface area contributed by atoms with E-state index in [1.165, 1.54) is 19.3 Å². The Morgan fingerprint density at radius 1 is 1.00 bits per heavy atom. The van der Waals surface area contributed by atoms with Crippen molar-refractivity contribution in [3.05, 3.63) is 35.9 Å². The summed E-state index contributed by atoms with van der Waals surface area (Å²) in [6.45, 7) is 2.95. The Balaban J connectivity index is 2.03. The molecule has 1 N–H and O–H groups in total. The summed E-state index contributed by atoms with van der Waals surface area (Å²) in [5, 5.41) is 2.59. The lowest BCUT2D eigenvalue weighted by atomic mass is 10.1. The molecule has 0 saturated carbocycles. The summed E-state index contributed by atoms with van der Waals surface area (Å²) in [4.78, 5) is 23.0. The van der Waals surface area contributed by atoms with Gasteiger partial charge < -0.3 is 10.1 Å². The van der Waals surface area contributed by atoms with E-state index in [0.717, 1.165) is 24.8 Å². The quantitative estimate of drug-likeness (QED) is 0.410. The second-order valence-electron chi connectivity index (χ2n) is 5.40. The smallest absolute Gasteiger partial charge is 0.396 e. The van der Waals surface area contributed by atoms with Crippen LogP contribution in [0.1, 0.15) is 51.0 Å². The number of nitrogens with one attached hydrogen (secondary N) is 1. The fourth-order valence-corrected chi connectivity index (χ4v) is 2.15. The minimum Gasteiger partial charge on any atom is -0.459 e. The Bertz CT molecular complexity index is 431. The molecule has 0 spiro atoms. The van der Waals surface area contributed by atoms with Crippen LogP contribution in [0.25, 0.3) is 0 Å². The molecule has 0 aromatic heterocycles. The number of benzene rings is 1. The standard InChI is InChI=1S/C18H27NO3/c1-2-3-4-5-6-10-15-22-18(21)17(20)19-14-13-16-11-8-7-9-12-16/h7-9,11-12H,2-6,10,13-15H2,1H3,(H,19,20). The molecule has 0 unspecified atom stereocenters. The van der Waals surface area contributed by atoms with Crippen LogP contribution in [0.5, 0.6) is 0 Å². The molecular formula is C18H27NO3. The van der Waals surface area contributed by atoms with Crippen LogP contribution in [0.15, 0.2) is 30.3 Å². The number of rotatable bonds is 10. The van der Waals surface area contributed by atoms with Gasteiger partial charge >= 0.3 is 11.9 Å². The summed E-state index contributed by atoms with van der Waals surface area (Å²) in [5.74, 6) is -1.43. The van der Waals surface area contributed by atoms with E-state index in [2.05, 4.69) is 12.2 Å². The van der Waals surface area contributed by atoms with Crippen LogP contribution >= 0.6 is 0 Å². The van der Waals surface area contributed by atoms with Crippen LogP contribution in [-0.2, 0) is 20.7 Å². The van der Waals surface area contributed by atoms with Crippen LogP contribution in [-0.4, -0.2) is 25.0 Å². The van der Waals surface area contributed by atoms with E-state index >= 15 is 0 Å². The van der Waals surface area contributed by atoms with E-state index < -0.39 is 11.9 Å². The molecule has 1 aromatic rings. The number of esters is 1. The second kappa shape index (κ2) is 11.8. The number of carbonyl (C=O) groups excluding carboxylic acids is 2. The van der Waals surface area contributed by atoms with Crippen molar-refractivity contribution in [2.75, 3.05) is 13.2 Å². The summed E-state index contributed by atoms with van der Waals surface area (Å²) >= 11 is 0. The van der Waals surface area contributed by atoms with Gasteiger partial charge in [0.1, 0.15) is 0 Å². The molecule has 0 aliphatic heterocycles. The van der Waals surface area contributed by atoms with Crippen LogP contribution < -0.4 is 5.32 Å². The van der Waals surface area contributed by atoms with Crippen molar-refractivity contribution in [1.82, 2.24) is 5.32 Å². The summed E-state index contributed by atoms with van der Waals surface area (Å²) in [6.07, 6.45) is 7.44. The molecule has 0 saturated heterocycles. The largest absolute Gasteiger partial charge is 0.459 e. The Morgan fingerprint density at radius 2 is 1.68 bits per heavy atom. The number of unbranched alkanes of at least 4 members (excludes halogenated alkanes) is 5. The first-order valence-corrected chi connectivity index (χ1v) is 8.23. The zero-order valence-corrected chi connectivity index (χ0v) is 13.5. The number of amides is 1. The van der Waals surface area contributed by atoms with Gasteiger partial charge in [0, 0.05) is 6.54 Å². The molecule has 0 fully saturated rings. The highest BCUT2D eigenvalue weighted by molar-refractivity contribution is 6.32. The Morgan fingerprint density at radius 3 is 2.41 bits per heavy atom. The van der Waals surface area contributed by atoms with Crippen molar-refractivity contribution in [2.45, 2.75) is 51.9 Å². The maximum Gasteiger partial charge on any atom is 0.396 e. The first-order chi connectivity index (χ1) is 10.7. The lowest BCUT2D eigenvalue weighted by Crippen LogP contribution is -2.34. The fourth-order valence-electron chi connectivity index (χ4n) is 2.15. The van der Waals surface area contributed by atoms with Crippen LogP contribution in [0.3, 0.4) is 0 Å². The molecule has 22 heavy (non-hydrogen) atoms. The van der Waals surface area contributed by atoms with Gasteiger partial charge in [-0.1, -0.05) is 69.4 Å². The van der Waals surface area contributed by atoms with E-state index in [4.69, 9.17) is 4.74 Å². The molecule has 4 heteroatoms. The number of hydrogen-bond acceptors (Lipinski definition) is 3. The Kier molecular flexibility index (Phi) is 9.75. The zero-order valence-electron chi connectivity index (χ0n) is 13.5. The summed E-state index contributed by atoms with van der Waals surface area (Å²) in [7, 11) is 0. The van der Waals surface area contributed by atoms with Gasteiger partial charge in [0.25, 0.3) is 0 Å². The molecule has 0 atom stereocenters. The minimum absolute atomic E-state index is 0.330. The van der Waals surface area contributed by atoms with Gasteiger partial charge in [-0.05, 0) is 18.4 Å². The van der Waals surface area contributed by atoms with Crippen LogP contribution in [0.2, 0.25) is 0 Å². The Hall–Kier alpha value is -1.84. The average Bonchev–Trinajstić information content (AvgIpc) is 2.54. The van der Waals surface area contributed by atoms with Crippen molar-refractivity contribution >= 4 is 11.9 Å². The first kappa shape index (κ1) is 18.2. The highest BCUT2D eigenvalue weighted by Crippen LogP contribution is 2.05. The molecule has 0 heterocycles. The molecule has 1 rings (SSSR count). The molecule has 1 aromatic carbocycles. The van der Waals surface area contributed by atoms with Gasteiger partial charge in [0.05, 0.1) is 6.61 Å². The normalized spacial score (nSPS) is 10.2. The van der Waals surface area contributed by atoms with Gasteiger partial charge in [-0.15, -0.1) is 0 Å². The number of hydrogen-bond donors (Lipinski definition) is 1. The van der Waals surface area contributed by atoms with Gasteiger partial charge in [-0.3, -0.25) is 4.79 Å². The number of carbonyl (C=O) groups is 2. The minimum atomic E-state index is -0.776. The molecule has 0 aliphatic rings. The van der Waals surface area contributed by atoms with E-state index in [0.29, 0.717) is 19.6 Å². The topological polar surface area (TPSA) is 55.4 Å². The van der Waals surface area contributed by atoms with E-state index in [-0.39, 0.29) is 0 Å². The molecule has 0 aliphatic carbocycles. The summed E-state index contributed by atoms with van der Waals surface area (Å²) in [5.41, 5.74) is 1.13. The maximum atomic E-state index is 11.6. The maximum absolute atomic E-state index is 11.6. The fraction of sp³-hybridized carbons (Fsp3) is 0.556. The highest BCUT2D eigenvalue weighted by Gasteiger charge is 2.13. The molecule has 0 bridgehead atoms. The predicted octanol–water partition coefficient (Wildman–Crippen LogP) is 3.25. The van der Waals surface area contributed by atoms with Gasteiger partial charge in [0.2, 0.25) is 0 Å². The Labute approximate surface area is 133 Å². The third-order valence-electron chi connectivity index (χ3n) is 3.46. The molecule has 1 amide bonds. The van der Waals surface area contributed by atoms with E-state index in [9.17, 15) is 9.59 Å². The van der Waals surface area contributed by atoms with E-state index in [1.807, 2.05) is 30.3 Å². The third-order valence-corrected chi connectivity index (χ3v) is 3.46. The molecule has 4 nitrogen and oxygen atoms in total. The summed E-state index contributed by atoms with van der Waals surface area (Å²) in [6, 6.07) is 9.82. The monoisotopic (exact) mass is 305 g/mol. The lowest BCUT2D eigenvalue weighted by molar-refractivity contribution is -0.155. The zero-order chi connectivity index (χ0) is 16.0. The highest BCUT2D eigenvalue weighted by atomic mass is 16.5. The van der Waals surface area contributed by atoms with Crippen molar-refractivity contribution in [1.29, 1.82) is 0 Å². The van der Waals surface area contributed by atoms with Gasteiger partial charge in [-0.2, -0.15) is 0 Å². The van der Waals surface area contributed by atoms with Crippen LogP contribution in [0.4, 0.5) is 0 Å². The van der Waals surface area contributed by atoms with E-state index in [1.54, 1.807) is 0 Å². The SMILES string of the molecule is CCCCCCCCOC(=O)C(=O)NCCc1ccccc1. The predicted molar refractivity (Wildman–Crippen MR) is 87.5 cm³/mol. The van der Waals surface area contributed by atoms with Crippen molar-refractivity contribution in [2.24, 2.45) is 0 Å². The van der Waals surface area contributed by atoms with Crippen molar-refractivity contribution < 1.29 is 14.3 Å². The third kappa shape index (κ3) is 8.45. The average molecular weight is 305 g/mol. The van der Waals surface area contributed by atoms with Gasteiger partial charge in [0.15, 0.2) is 0 Å². The second-order valence-corrected chi connectivity index (χ2v) is 5.40. The van der Waals surface area contributed by atoms with Gasteiger partial charge in [-0.25, -0.2) is 4.79 Å². The van der Waals surface area contributed by atoms with Crippen LogP contribution in [0, 0.1) is 0 Å². The molecule has 0 radical (unpaired) electrons. The van der Waals surface area contributed by atoms with Crippen molar-refractivity contribution in [3.8, 4) is 0 Å². The lowest BCUT2D eigenvalue weighted by Gasteiger charge is -2.06. The first-order valence-electron chi connectivity index (χ1n) is 8.23. The summed E-state index contributed by atoms with van der Waals surface area (Å²) < 4.78 is 4.96. The van der Waals surface area contributed by atoms with Crippen molar-refractivity contribution in [3.63, 3.8) is 0 Å².